The molecule has 1 atom stereocenters. The van der Waals surface area contributed by atoms with E-state index >= 15 is 0 Å². The fourth-order valence-electron chi connectivity index (χ4n) is 3.42. The molecule has 0 saturated carbocycles. The number of carbonyl (C=O) groups excluding carboxylic acids is 1. The van der Waals surface area contributed by atoms with Crippen LogP contribution in [-0.2, 0) is 4.79 Å². The van der Waals surface area contributed by atoms with E-state index < -0.39 is 0 Å². The van der Waals surface area contributed by atoms with Gasteiger partial charge in [0, 0.05) is 32.4 Å². The number of amides is 1. The Labute approximate surface area is 146 Å². The molecule has 1 aromatic heterocycles. The third-order valence-corrected chi connectivity index (χ3v) is 4.80. The number of anilines is 1. The maximum Gasteiger partial charge on any atom is 0.239 e. The van der Waals surface area contributed by atoms with Crippen LogP contribution >= 0.6 is 0 Å². The standard InChI is InChI=1S/C19H32N4O/c1-4-22(19(24)17(20)13-15(2)3)14-16-8-11-23(12-9-16)18-7-5-6-10-21-18/h5-7,10,15-17H,4,8-9,11-14,20H2,1-3H3/t17-/m0/s1. The predicted octanol–water partition coefficient (Wildman–Crippen LogP) is 2.52. The number of aromatic nitrogens is 1. The van der Waals surface area contributed by atoms with Crippen molar-refractivity contribution in [1.29, 1.82) is 0 Å². The Morgan fingerprint density at radius 1 is 1.38 bits per heavy atom. The Kier molecular flexibility index (Phi) is 7.03. The van der Waals surface area contributed by atoms with E-state index in [0.29, 0.717) is 11.8 Å². The van der Waals surface area contributed by atoms with E-state index in [0.717, 1.165) is 51.3 Å². The predicted molar refractivity (Wildman–Crippen MR) is 98.9 cm³/mol. The molecule has 2 N–H and O–H groups in total. The number of pyridine rings is 1. The molecular formula is C19H32N4O. The van der Waals surface area contributed by atoms with Gasteiger partial charge in [-0.05, 0) is 50.2 Å². The number of carbonyl (C=O) groups is 1. The Morgan fingerprint density at radius 3 is 2.62 bits per heavy atom. The highest BCUT2D eigenvalue weighted by atomic mass is 16.2. The van der Waals surface area contributed by atoms with Gasteiger partial charge in [0.25, 0.3) is 0 Å². The largest absolute Gasteiger partial charge is 0.357 e. The fraction of sp³-hybridized carbons (Fsp3) is 0.684. The summed E-state index contributed by atoms with van der Waals surface area (Å²) in [6, 6.07) is 5.68. The fourth-order valence-corrected chi connectivity index (χ4v) is 3.42. The van der Waals surface area contributed by atoms with Crippen LogP contribution in [0.3, 0.4) is 0 Å². The van der Waals surface area contributed by atoms with Gasteiger partial charge in [0.1, 0.15) is 5.82 Å². The van der Waals surface area contributed by atoms with Gasteiger partial charge < -0.3 is 15.5 Å². The Balaban J connectivity index is 1.84. The SMILES string of the molecule is CCN(CC1CCN(c2ccccn2)CC1)C(=O)[C@@H](N)CC(C)C. The zero-order valence-electron chi connectivity index (χ0n) is 15.3. The number of likely N-dealkylation sites (N-methyl/N-ethyl adjacent to an activating group) is 1. The number of piperidine rings is 1. The van der Waals surface area contributed by atoms with E-state index in [4.69, 9.17) is 5.73 Å². The van der Waals surface area contributed by atoms with Crippen LogP contribution in [0.5, 0.6) is 0 Å². The van der Waals surface area contributed by atoms with Crippen LogP contribution in [0.1, 0.15) is 40.0 Å². The van der Waals surface area contributed by atoms with Crippen LogP contribution in [0.25, 0.3) is 0 Å². The molecule has 1 aliphatic rings. The average Bonchev–Trinajstić information content (AvgIpc) is 2.59. The molecule has 0 spiro atoms. The van der Waals surface area contributed by atoms with E-state index in [-0.39, 0.29) is 11.9 Å². The average molecular weight is 332 g/mol. The van der Waals surface area contributed by atoms with Crippen molar-refractivity contribution >= 4 is 11.7 Å². The topological polar surface area (TPSA) is 62.5 Å². The van der Waals surface area contributed by atoms with Crippen LogP contribution in [0, 0.1) is 11.8 Å². The first-order valence-electron chi connectivity index (χ1n) is 9.21. The van der Waals surface area contributed by atoms with Crippen molar-refractivity contribution in [2.24, 2.45) is 17.6 Å². The second kappa shape index (κ2) is 9.02. The third kappa shape index (κ3) is 5.20. The van der Waals surface area contributed by atoms with Gasteiger partial charge in [-0.25, -0.2) is 4.98 Å². The summed E-state index contributed by atoms with van der Waals surface area (Å²) < 4.78 is 0. The Bertz CT molecular complexity index is 497. The highest BCUT2D eigenvalue weighted by Gasteiger charge is 2.26. The van der Waals surface area contributed by atoms with Crippen LogP contribution in [-0.4, -0.2) is 48.0 Å². The maximum atomic E-state index is 12.5. The monoisotopic (exact) mass is 332 g/mol. The molecule has 1 amide bonds. The molecule has 0 aliphatic carbocycles. The maximum absolute atomic E-state index is 12.5. The minimum Gasteiger partial charge on any atom is -0.357 e. The molecular weight excluding hydrogens is 300 g/mol. The van der Waals surface area contributed by atoms with E-state index in [1.54, 1.807) is 0 Å². The summed E-state index contributed by atoms with van der Waals surface area (Å²) in [5.41, 5.74) is 6.09. The number of hydrogen-bond acceptors (Lipinski definition) is 4. The van der Waals surface area contributed by atoms with Crippen molar-refractivity contribution in [1.82, 2.24) is 9.88 Å². The van der Waals surface area contributed by atoms with E-state index in [2.05, 4.69) is 29.8 Å². The lowest BCUT2D eigenvalue weighted by molar-refractivity contribution is -0.133. The van der Waals surface area contributed by atoms with E-state index in [1.165, 1.54) is 0 Å². The van der Waals surface area contributed by atoms with Gasteiger partial charge in [-0.15, -0.1) is 0 Å². The molecule has 0 aromatic carbocycles. The zero-order valence-corrected chi connectivity index (χ0v) is 15.3. The first-order valence-corrected chi connectivity index (χ1v) is 9.21. The zero-order chi connectivity index (χ0) is 17.5. The summed E-state index contributed by atoms with van der Waals surface area (Å²) in [4.78, 5) is 21.3. The summed E-state index contributed by atoms with van der Waals surface area (Å²) in [7, 11) is 0. The van der Waals surface area contributed by atoms with Gasteiger partial charge in [-0.3, -0.25) is 4.79 Å². The van der Waals surface area contributed by atoms with E-state index in [1.807, 2.05) is 30.2 Å². The molecule has 1 fully saturated rings. The summed E-state index contributed by atoms with van der Waals surface area (Å²) in [5, 5.41) is 0. The summed E-state index contributed by atoms with van der Waals surface area (Å²) in [5.74, 6) is 2.17. The molecule has 2 rings (SSSR count). The van der Waals surface area contributed by atoms with Crippen LogP contribution in [0.2, 0.25) is 0 Å². The van der Waals surface area contributed by atoms with Crippen LogP contribution < -0.4 is 10.6 Å². The van der Waals surface area contributed by atoms with Crippen molar-refractivity contribution in [2.45, 2.75) is 46.1 Å². The minimum atomic E-state index is -0.362. The van der Waals surface area contributed by atoms with Gasteiger partial charge in [0.2, 0.25) is 5.91 Å². The Hall–Kier alpha value is -1.62. The van der Waals surface area contributed by atoms with Crippen LogP contribution in [0.4, 0.5) is 5.82 Å². The molecule has 24 heavy (non-hydrogen) atoms. The summed E-state index contributed by atoms with van der Waals surface area (Å²) in [6.07, 6.45) is 4.79. The summed E-state index contributed by atoms with van der Waals surface area (Å²) in [6.45, 7) is 9.84. The van der Waals surface area contributed by atoms with Gasteiger partial charge in [0.15, 0.2) is 0 Å². The molecule has 0 unspecified atom stereocenters. The lowest BCUT2D eigenvalue weighted by Gasteiger charge is -2.36. The van der Waals surface area contributed by atoms with Crippen molar-refractivity contribution < 1.29 is 4.79 Å². The molecule has 5 nitrogen and oxygen atoms in total. The van der Waals surface area contributed by atoms with Crippen LogP contribution in [0.15, 0.2) is 24.4 Å². The first-order chi connectivity index (χ1) is 11.5. The molecule has 0 radical (unpaired) electrons. The first kappa shape index (κ1) is 18.7. The number of rotatable bonds is 7. The highest BCUT2D eigenvalue weighted by molar-refractivity contribution is 5.81. The van der Waals surface area contributed by atoms with Gasteiger partial charge >= 0.3 is 0 Å². The second-order valence-corrected chi connectivity index (χ2v) is 7.23. The third-order valence-electron chi connectivity index (χ3n) is 4.80. The van der Waals surface area contributed by atoms with Gasteiger partial charge in [-0.2, -0.15) is 0 Å². The van der Waals surface area contributed by atoms with Crippen molar-refractivity contribution in [2.75, 3.05) is 31.1 Å². The molecule has 1 aliphatic heterocycles. The van der Waals surface area contributed by atoms with Gasteiger partial charge in [-0.1, -0.05) is 19.9 Å². The lowest BCUT2D eigenvalue weighted by atomic mass is 9.95. The van der Waals surface area contributed by atoms with Crippen molar-refractivity contribution in [3.63, 3.8) is 0 Å². The molecule has 1 saturated heterocycles. The second-order valence-electron chi connectivity index (χ2n) is 7.23. The molecule has 0 bridgehead atoms. The Morgan fingerprint density at radius 2 is 2.08 bits per heavy atom. The number of nitrogens with zero attached hydrogens (tertiary/aromatic N) is 3. The molecule has 134 valence electrons. The minimum absolute atomic E-state index is 0.110. The number of hydrogen-bond donors (Lipinski definition) is 1. The summed E-state index contributed by atoms with van der Waals surface area (Å²) >= 11 is 0. The quantitative estimate of drug-likeness (QED) is 0.833. The molecule has 1 aromatic rings. The normalized spacial score (nSPS) is 17.1. The van der Waals surface area contributed by atoms with Gasteiger partial charge in [0.05, 0.1) is 6.04 Å². The highest BCUT2D eigenvalue weighted by Crippen LogP contribution is 2.22. The number of nitrogens with two attached hydrogens (primary N) is 1. The smallest absolute Gasteiger partial charge is 0.239 e. The molecule has 2 heterocycles. The van der Waals surface area contributed by atoms with E-state index in [9.17, 15) is 4.79 Å². The molecule has 5 heteroatoms. The lowest BCUT2D eigenvalue weighted by Crippen LogP contribution is -2.47. The van der Waals surface area contributed by atoms with Crippen molar-refractivity contribution in [3.8, 4) is 0 Å². The van der Waals surface area contributed by atoms with Crippen molar-refractivity contribution in [3.05, 3.63) is 24.4 Å².